The number of benzene rings is 2. The molecule has 0 heterocycles. The van der Waals surface area contributed by atoms with Crippen LogP contribution in [0.5, 0.6) is 5.75 Å². The number of halogens is 1. The van der Waals surface area contributed by atoms with Crippen LogP contribution >= 0.6 is 11.6 Å². The van der Waals surface area contributed by atoms with Gasteiger partial charge in [-0.15, -0.1) is 0 Å². The molecule has 2 rings (SSSR count). The zero-order valence-electron chi connectivity index (χ0n) is 16.0. The Hall–Kier alpha value is -2.51. The molecule has 150 valence electrons. The van der Waals surface area contributed by atoms with E-state index in [9.17, 15) is 13.2 Å². The second-order valence-electron chi connectivity index (χ2n) is 6.29. The number of carbonyl (C=O) groups excluding carboxylic acids is 1. The van der Waals surface area contributed by atoms with Crippen molar-refractivity contribution in [2.45, 2.75) is 19.9 Å². The van der Waals surface area contributed by atoms with E-state index in [4.69, 9.17) is 16.3 Å². The Kier molecular flexibility index (Phi) is 7.10. The lowest BCUT2D eigenvalue weighted by Crippen LogP contribution is -2.45. The number of rotatable bonds is 8. The van der Waals surface area contributed by atoms with Gasteiger partial charge in [0, 0.05) is 16.8 Å². The molecule has 1 atom stereocenters. The van der Waals surface area contributed by atoms with Gasteiger partial charge >= 0.3 is 0 Å². The summed E-state index contributed by atoms with van der Waals surface area (Å²) >= 11 is 6.14. The Morgan fingerprint density at radius 3 is 2.64 bits per heavy atom. The van der Waals surface area contributed by atoms with Gasteiger partial charge in [-0.2, -0.15) is 0 Å². The summed E-state index contributed by atoms with van der Waals surface area (Å²) in [6, 6.07) is 10.7. The molecule has 0 bridgehead atoms. The van der Waals surface area contributed by atoms with Crippen molar-refractivity contribution in [3.63, 3.8) is 0 Å². The number of nitrogens with one attached hydrogen (secondary N) is 1. The average Bonchev–Trinajstić information content (AvgIpc) is 2.62. The van der Waals surface area contributed by atoms with Crippen molar-refractivity contribution in [3.05, 3.63) is 65.7 Å². The minimum atomic E-state index is -3.73. The average molecular weight is 423 g/mol. The number of anilines is 2. The van der Waals surface area contributed by atoms with Crippen molar-refractivity contribution >= 4 is 38.9 Å². The number of sulfonamides is 1. The molecular formula is C20H23ClN2O4S. The topological polar surface area (TPSA) is 75.7 Å². The molecule has 2 aromatic rings. The van der Waals surface area contributed by atoms with Crippen LogP contribution in [-0.2, 0) is 14.8 Å². The zero-order chi connectivity index (χ0) is 20.9. The molecule has 0 radical (unpaired) electrons. The van der Waals surface area contributed by atoms with E-state index in [0.29, 0.717) is 28.8 Å². The number of ether oxygens (including phenoxy) is 1. The molecule has 0 spiro atoms. The first kappa shape index (κ1) is 21.8. The van der Waals surface area contributed by atoms with Gasteiger partial charge in [0.15, 0.2) is 0 Å². The van der Waals surface area contributed by atoms with Crippen molar-refractivity contribution in [2.24, 2.45) is 0 Å². The Morgan fingerprint density at radius 1 is 1.32 bits per heavy atom. The second kappa shape index (κ2) is 9.12. The fraction of sp³-hybridized carbons (Fsp3) is 0.250. The molecule has 0 aromatic heterocycles. The maximum atomic E-state index is 12.7. The number of hydrogen-bond acceptors (Lipinski definition) is 4. The quantitative estimate of drug-likeness (QED) is 0.652. The van der Waals surface area contributed by atoms with Crippen LogP contribution in [0.25, 0.3) is 0 Å². The van der Waals surface area contributed by atoms with Gasteiger partial charge in [0.1, 0.15) is 18.4 Å². The maximum Gasteiger partial charge on any atom is 0.247 e. The van der Waals surface area contributed by atoms with Crippen LogP contribution in [-0.4, -0.2) is 33.2 Å². The lowest BCUT2D eigenvalue weighted by Gasteiger charge is -2.28. The lowest BCUT2D eigenvalue weighted by atomic mass is 10.2. The van der Waals surface area contributed by atoms with E-state index in [0.717, 1.165) is 16.1 Å². The highest BCUT2D eigenvalue weighted by atomic mass is 35.5. The van der Waals surface area contributed by atoms with Crippen LogP contribution in [0.1, 0.15) is 12.5 Å². The summed E-state index contributed by atoms with van der Waals surface area (Å²) in [6.45, 7) is 7.25. The van der Waals surface area contributed by atoms with Gasteiger partial charge < -0.3 is 10.1 Å². The number of amides is 1. The molecule has 0 aliphatic carbocycles. The summed E-state index contributed by atoms with van der Waals surface area (Å²) in [6.07, 6.45) is 2.66. The summed E-state index contributed by atoms with van der Waals surface area (Å²) in [5, 5.41) is 3.15. The first-order valence-corrected chi connectivity index (χ1v) is 10.8. The molecule has 0 saturated heterocycles. The minimum absolute atomic E-state index is 0.323. The largest absolute Gasteiger partial charge is 0.489 e. The van der Waals surface area contributed by atoms with Crippen molar-refractivity contribution in [1.82, 2.24) is 0 Å². The van der Waals surface area contributed by atoms with E-state index in [1.807, 2.05) is 6.92 Å². The van der Waals surface area contributed by atoms with Crippen LogP contribution < -0.4 is 14.4 Å². The van der Waals surface area contributed by atoms with Crippen LogP contribution in [0.3, 0.4) is 0 Å². The summed E-state index contributed by atoms with van der Waals surface area (Å²) in [5.41, 5.74) is 1.63. The number of hydrogen-bond donors (Lipinski definition) is 1. The summed E-state index contributed by atoms with van der Waals surface area (Å²) in [4.78, 5) is 12.7. The normalized spacial score (nSPS) is 12.1. The first-order chi connectivity index (χ1) is 13.1. The molecule has 6 nitrogen and oxygen atoms in total. The molecular weight excluding hydrogens is 400 g/mol. The number of nitrogens with zero attached hydrogens (tertiary/aromatic N) is 1. The van der Waals surface area contributed by atoms with E-state index in [1.54, 1.807) is 42.5 Å². The third-order valence-corrected chi connectivity index (χ3v) is 5.62. The van der Waals surface area contributed by atoms with Gasteiger partial charge in [-0.25, -0.2) is 8.42 Å². The maximum absolute atomic E-state index is 12.7. The zero-order valence-corrected chi connectivity index (χ0v) is 17.5. The first-order valence-electron chi connectivity index (χ1n) is 8.53. The summed E-state index contributed by atoms with van der Waals surface area (Å²) in [7, 11) is -3.73. The summed E-state index contributed by atoms with van der Waals surface area (Å²) < 4.78 is 31.2. The Morgan fingerprint density at radius 2 is 2.04 bits per heavy atom. The minimum Gasteiger partial charge on any atom is -0.489 e. The molecule has 0 fully saturated rings. The van der Waals surface area contributed by atoms with Crippen molar-refractivity contribution in [2.75, 3.05) is 22.5 Å². The lowest BCUT2D eigenvalue weighted by molar-refractivity contribution is -0.116. The molecule has 28 heavy (non-hydrogen) atoms. The third-order valence-electron chi connectivity index (χ3n) is 3.97. The summed E-state index contributed by atoms with van der Waals surface area (Å²) in [5.74, 6) is 0.0821. The highest BCUT2D eigenvalue weighted by molar-refractivity contribution is 7.92. The van der Waals surface area contributed by atoms with Gasteiger partial charge in [0.05, 0.1) is 11.9 Å². The molecule has 8 heteroatoms. The SMILES string of the molecule is C=CCOc1cccc(NC(=O)C(C)N(c2ccc(C)c(Cl)c2)S(C)(=O)=O)c1. The highest BCUT2D eigenvalue weighted by Crippen LogP contribution is 2.27. The van der Waals surface area contributed by atoms with Crippen LogP contribution in [0, 0.1) is 6.92 Å². The van der Waals surface area contributed by atoms with E-state index in [2.05, 4.69) is 11.9 Å². The predicted octanol–water partition coefficient (Wildman–Crippen LogP) is 4.01. The van der Waals surface area contributed by atoms with Crippen LogP contribution in [0.15, 0.2) is 55.1 Å². The molecule has 2 aromatic carbocycles. The van der Waals surface area contributed by atoms with Gasteiger partial charge in [-0.3, -0.25) is 9.10 Å². The highest BCUT2D eigenvalue weighted by Gasteiger charge is 2.29. The van der Waals surface area contributed by atoms with Crippen molar-refractivity contribution in [1.29, 1.82) is 0 Å². The molecule has 1 N–H and O–H groups in total. The molecule has 0 aliphatic heterocycles. The van der Waals surface area contributed by atoms with E-state index in [-0.39, 0.29) is 0 Å². The monoisotopic (exact) mass is 422 g/mol. The van der Waals surface area contributed by atoms with Crippen LogP contribution in [0.4, 0.5) is 11.4 Å². The Labute approximate surface area is 170 Å². The van der Waals surface area contributed by atoms with Gasteiger partial charge in [-0.05, 0) is 43.7 Å². The molecule has 0 aliphatic rings. The Bertz CT molecular complexity index is 976. The third kappa shape index (κ3) is 5.50. The molecule has 1 unspecified atom stereocenters. The number of carbonyl (C=O) groups is 1. The fourth-order valence-corrected chi connectivity index (χ4v) is 3.93. The van der Waals surface area contributed by atoms with Crippen molar-refractivity contribution in [3.8, 4) is 5.75 Å². The molecule has 1 amide bonds. The molecule has 0 saturated carbocycles. The number of aryl methyl sites for hydroxylation is 1. The van der Waals surface area contributed by atoms with Gasteiger partial charge in [0.25, 0.3) is 0 Å². The van der Waals surface area contributed by atoms with Crippen molar-refractivity contribution < 1.29 is 17.9 Å². The smallest absolute Gasteiger partial charge is 0.247 e. The second-order valence-corrected chi connectivity index (χ2v) is 8.55. The van der Waals surface area contributed by atoms with E-state index in [1.165, 1.54) is 13.0 Å². The fourth-order valence-electron chi connectivity index (χ4n) is 2.59. The van der Waals surface area contributed by atoms with Crippen LogP contribution in [0.2, 0.25) is 5.02 Å². The standard InChI is InChI=1S/C20H23ClN2O4S/c1-5-11-27-18-8-6-7-16(12-18)22-20(24)15(3)23(28(4,25)26)17-10-9-14(2)19(21)13-17/h5-10,12-13,15H,1,11H2,2-4H3,(H,22,24). The van der Waals surface area contributed by atoms with E-state index < -0.39 is 22.0 Å². The predicted molar refractivity (Wildman–Crippen MR) is 114 cm³/mol. The van der Waals surface area contributed by atoms with E-state index >= 15 is 0 Å². The van der Waals surface area contributed by atoms with Gasteiger partial charge in [0.2, 0.25) is 15.9 Å². The Balaban J connectivity index is 2.27. The van der Waals surface area contributed by atoms with Gasteiger partial charge in [-0.1, -0.05) is 36.4 Å².